The molecule has 0 aliphatic carbocycles. The maximum Gasteiger partial charge on any atom is 0.162 e. The fraction of sp³-hybridized carbons (Fsp3) is 0.400. The van der Waals surface area contributed by atoms with Gasteiger partial charge in [0.25, 0.3) is 0 Å². The molecule has 0 aliphatic rings. The Kier molecular flexibility index (Phi) is 3.48. The lowest BCUT2D eigenvalue weighted by Gasteiger charge is -2.06. The van der Waals surface area contributed by atoms with Gasteiger partial charge in [-0.3, -0.25) is 4.79 Å². The summed E-state index contributed by atoms with van der Waals surface area (Å²) >= 11 is 1.62. The lowest BCUT2D eigenvalue weighted by atomic mass is 10.2. The molecule has 0 spiro atoms. The van der Waals surface area contributed by atoms with Crippen LogP contribution >= 0.6 is 11.8 Å². The number of aromatic nitrogens is 1. The summed E-state index contributed by atoms with van der Waals surface area (Å²) in [5.74, 6) is 0.0799. The normalized spacial score (nSPS) is 10.5. The van der Waals surface area contributed by atoms with Gasteiger partial charge >= 0.3 is 0 Å². The molecule has 1 rings (SSSR count). The molecule has 0 radical (unpaired) electrons. The molecule has 0 aliphatic heterocycles. The molecule has 1 heterocycles. The smallest absolute Gasteiger partial charge is 0.162 e. The predicted octanol–water partition coefficient (Wildman–Crippen LogP) is 2.78. The Morgan fingerprint density at radius 1 is 1.54 bits per heavy atom. The van der Waals surface area contributed by atoms with Crippen molar-refractivity contribution in [1.29, 1.82) is 0 Å². The van der Waals surface area contributed by atoms with Crippen LogP contribution in [0.15, 0.2) is 23.4 Å². The van der Waals surface area contributed by atoms with Gasteiger partial charge in [-0.25, -0.2) is 4.98 Å². The number of rotatable bonds is 3. The number of ketones is 1. The highest BCUT2D eigenvalue weighted by molar-refractivity contribution is 7.99. The van der Waals surface area contributed by atoms with Gasteiger partial charge in [-0.2, -0.15) is 0 Å². The lowest BCUT2D eigenvalue weighted by Crippen LogP contribution is -1.99. The number of hydrogen-bond acceptors (Lipinski definition) is 3. The zero-order valence-corrected chi connectivity index (χ0v) is 8.89. The number of nitrogens with zero attached hydrogens (tertiary/aromatic N) is 1. The van der Waals surface area contributed by atoms with E-state index in [1.54, 1.807) is 30.9 Å². The predicted molar refractivity (Wildman–Crippen MR) is 55.2 cm³/mol. The summed E-state index contributed by atoms with van der Waals surface area (Å²) in [4.78, 5) is 15.4. The maximum absolute atomic E-state index is 11.2. The van der Waals surface area contributed by atoms with Crippen molar-refractivity contribution in [2.75, 3.05) is 0 Å². The van der Waals surface area contributed by atoms with Crippen molar-refractivity contribution in [2.45, 2.75) is 31.0 Å². The molecule has 0 atom stereocenters. The van der Waals surface area contributed by atoms with Gasteiger partial charge in [0.2, 0.25) is 0 Å². The molecule has 0 unspecified atom stereocenters. The highest BCUT2D eigenvalue weighted by Gasteiger charge is 2.09. The first-order chi connectivity index (χ1) is 6.11. The zero-order valence-electron chi connectivity index (χ0n) is 8.07. The van der Waals surface area contributed by atoms with Gasteiger partial charge in [0.05, 0.1) is 0 Å². The molecule has 0 aromatic carbocycles. The average molecular weight is 195 g/mol. The Bertz CT molecular complexity index is 310. The van der Waals surface area contributed by atoms with Gasteiger partial charge in [-0.1, -0.05) is 13.8 Å². The fourth-order valence-corrected chi connectivity index (χ4v) is 1.88. The van der Waals surface area contributed by atoms with E-state index in [1.165, 1.54) is 0 Å². The Hall–Kier alpha value is -0.830. The van der Waals surface area contributed by atoms with Gasteiger partial charge in [-0.05, 0) is 19.1 Å². The first kappa shape index (κ1) is 10.3. The van der Waals surface area contributed by atoms with E-state index >= 15 is 0 Å². The van der Waals surface area contributed by atoms with Crippen LogP contribution in [-0.4, -0.2) is 16.0 Å². The van der Waals surface area contributed by atoms with Crippen molar-refractivity contribution in [3.63, 3.8) is 0 Å². The molecule has 3 heteroatoms. The van der Waals surface area contributed by atoms with Crippen LogP contribution in [0.4, 0.5) is 0 Å². The van der Waals surface area contributed by atoms with Gasteiger partial charge in [-0.15, -0.1) is 11.8 Å². The molecular formula is C10H13NOS. The van der Waals surface area contributed by atoms with Crippen molar-refractivity contribution >= 4 is 17.5 Å². The molecule has 13 heavy (non-hydrogen) atoms. The van der Waals surface area contributed by atoms with Crippen molar-refractivity contribution < 1.29 is 4.79 Å². The third-order valence-corrected chi connectivity index (χ3v) is 2.52. The number of hydrogen-bond donors (Lipinski definition) is 0. The van der Waals surface area contributed by atoms with E-state index < -0.39 is 0 Å². The first-order valence-electron chi connectivity index (χ1n) is 4.24. The summed E-state index contributed by atoms with van der Waals surface area (Å²) in [6.07, 6.45) is 1.72. The SMILES string of the molecule is CC(=O)c1cccnc1SC(C)C. The Morgan fingerprint density at radius 2 is 2.23 bits per heavy atom. The Labute approximate surface area is 82.8 Å². The minimum Gasteiger partial charge on any atom is -0.294 e. The number of carbonyl (C=O) groups excluding carboxylic acids is 1. The van der Waals surface area contributed by atoms with Crippen LogP contribution in [0.5, 0.6) is 0 Å². The maximum atomic E-state index is 11.2. The van der Waals surface area contributed by atoms with Crippen molar-refractivity contribution in [3.8, 4) is 0 Å². The van der Waals surface area contributed by atoms with E-state index in [1.807, 2.05) is 6.07 Å². The number of Topliss-reactive ketones (excluding diaryl/α,β-unsaturated/α-hetero) is 1. The monoisotopic (exact) mass is 195 g/mol. The molecule has 0 saturated carbocycles. The summed E-state index contributed by atoms with van der Waals surface area (Å²) in [6.45, 7) is 5.74. The number of thioether (sulfide) groups is 1. The molecule has 0 amide bonds. The fourth-order valence-electron chi connectivity index (χ4n) is 0.976. The molecule has 0 fully saturated rings. The van der Waals surface area contributed by atoms with Crippen LogP contribution in [0.25, 0.3) is 0 Å². The quantitative estimate of drug-likeness (QED) is 0.548. The van der Waals surface area contributed by atoms with Crippen molar-refractivity contribution in [2.24, 2.45) is 0 Å². The summed E-state index contributed by atoms with van der Waals surface area (Å²) < 4.78 is 0. The third-order valence-electron chi connectivity index (χ3n) is 1.50. The summed E-state index contributed by atoms with van der Waals surface area (Å²) in [5, 5.41) is 1.29. The molecule has 70 valence electrons. The Morgan fingerprint density at radius 3 is 2.77 bits per heavy atom. The zero-order chi connectivity index (χ0) is 9.84. The van der Waals surface area contributed by atoms with Gasteiger partial charge < -0.3 is 0 Å². The van der Waals surface area contributed by atoms with Crippen LogP contribution in [0.2, 0.25) is 0 Å². The van der Waals surface area contributed by atoms with E-state index in [-0.39, 0.29) is 5.78 Å². The van der Waals surface area contributed by atoms with Gasteiger partial charge in [0, 0.05) is 17.0 Å². The highest BCUT2D eigenvalue weighted by atomic mass is 32.2. The van der Waals surface area contributed by atoms with Crippen LogP contribution in [0.1, 0.15) is 31.1 Å². The first-order valence-corrected chi connectivity index (χ1v) is 5.12. The summed E-state index contributed by atoms with van der Waals surface area (Å²) in [5.41, 5.74) is 0.723. The minimum absolute atomic E-state index is 0.0799. The van der Waals surface area contributed by atoms with Gasteiger partial charge in [0.1, 0.15) is 5.03 Å². The van der Waals surface area contributed by atoms with E-state index in [2.05, 4.69) is 18.8 Å². The second-order valence-corrected chi connectivity index (χ2v) is 4.64. The summed E-state index contributed by atoms with van der Waals surface area (Å²) in [7, 11) is 0. The Balaban J connectivity index is 2.98. The van der Waals surface area contributed by atoms with Crippen molar-refractivity contribution in [1.82, 2.24) is 4.98 Å². The van der Waals surface area contributed by atoms with Crippen LogP contribution in [0, 0.1) is 0 Å². The molecular weight excluding hydrogens is 182 g/mol. The molecule has 1 aromatic rings. The van der Waals surface area contributed by atoms with E-state index in [0.717, 1.165) is 10.6 Å². The number of pyridine rings is 1. The van der Waals surface area contributed by atoms with Crippen LogP contribution in [-0.2, 0) is 0 Å². The highest BCUT2D eigenvalue weighted by Crippen LogP contribution is 2.24. The average Bonchev–Trinajstić information content (AvgIpc) is 2.03. The summed E-state index contributed by atoms with van der Waals surface area (Å²) in [6, 6.07) is 3.61. The minimum atomic E-state index is 0.0799. The second kappa shape index (κ2) is 4.42. The molecule has 1 aromatic heterocycles. The number of carbonyl (C=O) groups is 1. The largest absolute Gasteiger partial charge is 0.294 e. The standard InChI is InChI=1S/C10H13NOS/c1-7(2)13-10-9(8(3)12)5-4-6-11-10/h4-7H,1-3H3. The molecule has 0 saturated heterocycles. The topological polar surface area (TPSA) is 30.0 Å². The van der Waals surface area contributed by atoms with E-state index in [9.17, 15) is 4.79 Å². The van der Waals surface area contributed by atoms with Crippen molar-refractivity contribution in [3.05, 3.63) is 23.9 Å². The van der Waals surface area contributed by atoms with Crippen LogP contribution < -0.4 is 0 Å². The third kappa shape index (κ3) is 2.84. The van der Waals surface area contributed by atoms with E-state index in [4.69, 9.17) is 0 Å². The lowest BCUT2D eigenvalue weighted by molar-refractivity contribution is 0.101. The van der Waals surface area contributed by atoms with E-state index in [0.29, 0.717) is 5.25 Å². The van der Waals surface area contributed by atoms with Crippen LogP contribution in [0.3, 0.4) is 0 Å². The second-order valence-electron chi connectivity index (χ2n) is 3.08. The molecule has 0 bridgehead atoms. The molecule has 0 N–H and O–H groups in total. The molecule has 2 nitrogen and oxygen atoms in total. The van der Waals surface area contributed by atoms with Gasteiger partial charge in [0.15, 0.2) is 5.78 Å².